The fourth-order valence-corrected chi connectivity index (χ4v) is 4.80. The number of hydrogen-bond acceptors (Lipinski definition) is 4. The van der Waals surface area contributed by atoms with Crippen LogP contribution in [0.5, 0.6) is 5.75 Å². The van der Waals surface area contributed by atoms with Crippen molar-refractivity contribution in [2.24, 2.45) is 0 Å². The molecule has 1 atom stereocenters. The summed E-state index contributed by atoms with van der Waals surface area (Å²) in [6.07, 6.45) is 9.00. The lowest BCUT2D eigenvalue weighted by Crippen LogP contribution is -2.47. The van der Waals surface area contributed by atoms with E-state index >= 15 is 0 Å². The summed E-state index contributed by atoms with van der Waals surface area (Å²) in [5, 5.41) is 0. The van der Waals surface area contributed by atoms with Crippen LogP contribution in [0.25, 0.3) is 0 Å². The fraction of sp³-hybridized carbons (Fsp3) is 0.379. The molecular weight excluding hydrogens is 438 g/mol. The lowest BCUT2D eigenvalue weighted by Gasteiger charge is -2.38. The monoisotopic (exact) mass is 473 g/mol. The number of carbonyl (C=O) groups is 2. The Balaban J connectivity index is 1.26. The van der Waals surface area contributed by atoms with E-state index in [0.717, 1.165) is 44.6 Å². The van der Waals surface area contributed by atoms with Crippen LogP contribution >= 0.6 is 0 Å². The minimum absolute atomic E-state index is 0.0589. The zero-order chi connectivity index (χ0) is 24.6. The molecule has 184 valence electrons. The third-order valence-electron chi connectivity index (χ3n) is 6.75. The van der Waals surface area contributed by atoms with Gasteiger partial charge in [-0.05, 0) is 62.1 Å². The maximum atomic E-state index is 12.7. The van der Waals surface area contributed by atoms with Crippen LogP contribution < -0.4 is 9.64 Å². The van der Waals surface area contributed by atoms with Gasteiger partial charge in [-0.2, -0.15) is 0 Å². The Morgan fingerprint density at radius 2 is 1.66 bits per heavy atom. The molecule has 6 heteroatoms. The molecule has 0 bridgehead atoms. The average Bonchev–Trinajstić information content (AvgIpc) is 2.89. The van der Waals surface area contributed by atoms with Gasteiger partial charge < -0.3 is 14.5 Å². The molecule has 0 radical (unpaired) electrons. The standard InChI is InChI=1S/C29H35N3O3/c1-3-28(33)32(25-10-6-4-7-11-25)26-16-19-30(20-17-26)18-14-24-15-21-31(23(2)22-24)29(34)35-27-12-8-5-9-13-27/h4-13,15,21-23,26H,3,14,16-20H2,1-2H3. The van der Waals surface area contributed by atoms with Crippen LogP contribution in [0.4, 0.5) is 10.5 Å². The first kappa shape index (κ1) is 24.7. The number of nitrogens with zero attached hydrogens (tertiary/aromatic N) is 3. The Bertz CT molecular complexity index is 1040. The summed E-state index contributed by atoms with van der Waals surface area (Å²) in [5.74, 6) is 0.735. The molecule has 1 saturated heterocycles. The summed E-state index contributed by atoms with van der Waals surface area (Å²) in [5.41, 5.74) is 2.23. The van der Waals surface area contributed by atoms with Crippen molar-refractivity contribution in [2.45, 2.75) is 51.6 Å². The van der Waals surface area contributed by atoms with Crippen molar-refractivity contribution in [2.75, 3.05) is 24.5 Å². The van der Waals surface area contributed by atoms with E-state index in [1.165, 1.54) is 5.57 Å². The normalized spacial score (nSPS) is 18.7. The molecule has 2 aromatic carbocycles. The van der Waals surface area contributed by atoms with E-state index in [2.05, 4.69) is 11.0 Å². The number of benzene rings is 2. The third kappa shape index (κ3) is 6.40. The van der Waals surface area contributed by atoms with Gasteiger partial charge in [0.15, 0.2) is 0 Å². The SMILES string of the molecule is CCC(=O)N(c1ccccc1)C1CCN(CCC2=CC(C)N(C(=O)Oc3ccccc3)C=C2)CC1. The number of anilines is 1. The molecule has 0 spiro atoms. The average molecular weight is 474 g/mol. The quantitative estimate of drug-likeness (QED) is 0.523. The van der Waals surface area contributed by atoms with E-state index in [1.54, 1.807) is 17.0 Å². The highest BCUT2D eigenvalue weighted by molar-refractivity contribution is 5.93. The Hall–Kier alpha value is -3.38. The largest absolute Gasteiger partial charge is 0.419 e. The van der Waals surface area contributed by atoms with Crippen molar-refractivity contribution >= 4 is 17.7 Å². The number of carbonyl (C=O) groups excluding carboxylic acids is 2. The number of rotatable bonds is 7. The highest BCUT2D eigenvalue weighted by Gasteiger charge is 2.28. The van der Waals surface area contributed by atoms with Crippen LogP contribution in [-0.4, -0.2) is 53.5 Å². The lowest BCUT2D eigenvalue weighted by molar-refractivity contribution is -0.119. The van der Waals surface area contributed by atoms with Crippen LogP contribution in [0.3, 0.4) is 0 Å². The van der Waals surface area contributed by atoms with Crippen LogP contribution in [0, 0.1) is 0 Å². The Kier molecular flexibility index (Phi) is 8.37. The van der Waals surface area contributed by atoms with E-state index < -0.39 is 0 Å². The van der Waals surface area contributed by atoms with Gasteiger partial charge in [0.2, 0.25) is 5.91 Å². The van der Waals surface area contributed by atoms with Crippen LogP contribution in [0.1, 0.15) is 39.5 Å². The first-order valence-electron chi connectivity index (χ1n) is 12.6. The predicted molar refractivity (Wildman–Crippen MR) is 139 cm³/mol. The molecule has 2 aromatic rings. The number of allylic oxidation sites excluding steroid dienone is 1. The van der Waals surface area contributed by atoms with E-state index in [0.29, 0.717) is 12.2 Å². The summed E-state index contributed by atoms with van der Waals surface area (Å²) >= 11 is 0. The molecule has 0 aliphatic carbocycles. The van der Waals surface area contributed by atoms with E-state index in [9.17, 15) is 9.59 Å². The maximum absolute atomic E-state index is 12.7. The predicted octanol–water partition coefficient (Wildman–Crippen LogP) is 5.63. The van der Waals surface area contributed by atoms with Crippen molar-refractivity contribution in [1.82, 2.24) is 9.80 Å². The lowest BCUT2D eigenvalue weighted by atomic mass is 10.00. The summed E-state index contributed by atoms with van der Waals surface area (Å²) in [7, 11) is 0. The first-order valence-corrected chi connectivity index (χ1v) is 12.6. The highest BCUT2D eigenvalue weighted by atomic mass is 16.6. The van der Waals surface area contributed by atoms with Crippen LogP contribution in [0.15, 0.2) is 84.6 Å². The molecular formula is C29H35N3O3. The number of ether oxygens (including phenoxy) is 1. The summed E-state index contributed by atoms with van der Waals surface area (Å²) in [4.78, 5) is 31.3. The molecule has 2 aliphatic heterocycles. The van der Waals surface area contributed by atoms with Gasteiger partial charge in [-0.15, -0.1) is 0 Å². The van der Waals surface area contributed by atoms with Crippen molar-refractivity contribution in [1.29, 1.82) is 0 Å². The number of hydrogen-bond donors (Lipinski definition) is 0. The number of amides is 2. The van der Waals surface area contributed by atoms with Gasteiger partial charge in [-0.3, -0.25) is 9.69 Å². The minimum atomic E-state index is -0.373. The second-order valence-electron chi connectivity index (χ2n) is 9.16. The zero-order valence-corrected chi connectivity index (χ0v) is 20.7. The summed E-state index contributed by atoms with van der Waals surface area (Å²) in [6, 6.07) is 19.4. The van der Waals surface area contributed by atoms with E-state index in [1.807, 2.05) is 79.6 Å². The van der Waals surface area contributed by atoms with Gasteiger partial charge in [0, 0.05) is 44.0 Å². The third-order valence-corrected chi connectivity index (χ3v) is 6.75. The van der Waals surface area contributed by atoms with Gasteiger partial charge in [-0.1, -0.05) is 49.4 Å². The van der Waals surface area contributed by atoms with Crippen molar-refractivity contribution in [3.05, 3.63) is 84.6 Å². The maximum Gasteiger partial charge on any atom is 0.419 e. The molecule has 35 heavy (non-hydrogen) atoms. The van der Waals surface area contributed by atoms with E-state index in [-0.39, 0.29) is 24.1 Å². The van der Waals surface area contributed by atoms with Gasteiger partial charge in [0.05, 0.1) is 6.04 Å². The molecule has 2 amide bonds. The molecule has 1 fully saturated rings. The van der Waals surface area contributed by atoms with Gasteiger partial charge in [0.25, 0.3) is 0 Å². The first-order chi connectivity index (χ1) is 17.0. The fourth-order valence-electron chi connectivity index (χ4n) is 4.80. The van der Waals surface area contributed by atoms with Crippen LogP contribution in [0.2, 0.25) is 0 Å². The Labute approximate surface area is 208 Å². The van der Waals surface area contributed by atoms with E-state index in [4.69, 9.17) is 4.74 Å². The number of piperidine rings is 1. The molecule has 2 heterocycles. The van der Waals surface area contributed by atoms with Gasteiger partial charge >= 0.3 is 6.09 Å². The van der Waals surface area contributed by atoms with Crippen molar-refractivity contribution < 1.29 is 14.3 Å². The molecule has 4 rings (SSSR count). The summed E-state index contributed by atoms with van der Waals surface area (Å²) < 4.78 is 5.47. The molecule has 6 nitrogen and oxygen atoms in total. The summed E-state index contributed by atoms with van der Waals surface area (Å²) in [6.45, 7) is 6.86. The second-order valence-corrected chi connectivity index (χ2v) is 9.16. The minimum Gasteiger partial charge on any atom is -0.410 e. The molecule has 0 saturated carbocycles. The molecule has 0 N–H and O–H groups in total. The zero-order valence-electron chi connectivity index (χ0n) is 20.7. The molecule has 0 aromatic heterocycles. The number of likely N-dealkylation sites (tertiary alicyclic amines) is 1. The topological polar surface area (TPSA) is 53.1 Å². The second kappa shape index (κ2) is 11.8. The highest BCUT2D eigenvalue weighted by Crippen LogP contribution is 2.25. The molecule has 1 unspecified atom stereocenters. The van der Waals surface area contributed by atoms with Crippen molar-refractivity contribution in [3.63, 3.8) is 0 Å². The van der Waals surface area contributed by atoms with Crippen molar-refractivity contribution in [3.8, 4) is 5.75 Å². The van der Waals surface area contributed by atoms with Gasteiger partial charge in [-0.25, -0.2) is 4.79 Å². The Morgan fingerprint density at radius 1 is 1.00 bits per heavy atom. The Morgan fingerprint density at radius 3 is 2.29 bits per heavy atom. The van der Waals surface area contributed by atoms with Gasteiger partial charge in [0.1, 0.15) is 5.75 Å². The number of para-hydroxylation sites is 2. The smallest absolute Gasteiger partial charge is 0.410 e. The van der Waals surface area contributed by atoms with Crippen LogP contribution in [-0.2, 0) is 4.79 Å². The molecule has 2 aliphatic rings.